The van der Waals surface area contributed by atoms with Gasteiger partial charge in [-0.2, -0.15) is 11.8 Å². The summed E-state index contributed by atoms with van der Waals surface area (Å²) >= 11 is 1.92. The number of benzene rings is 1. The van der Waals surface area contributed by atoms with Crippen LogP contribution in [0.2, 0.25) is 0 Å². The molecule has 2 rings (SSSR count). The van der Waals surface area contributed by atoms with Gasteiger partial charge in [0.2, 0.25) is 0 Å². The number of hydrogen-bond acceptors (Lipinski definition) is 2. The van der Waals surface area contributed by atoms with Crippen molar-refractivity contribution in [3.8, 4) is 0 Å². The number of thioether (sulfide) groups is 1. The van der Waals surface area contributed by atoms with Crippen LogP contribution >= 0.6 is 11.8 Å². The molecule has 0 bridgehead atoms. The lowest BCUT2D eigenvalue weighted by Gasteiger charge is -2.26. The summed E-state index contributed by atoms with van der Waals surface area (Å²) < 4.78 is 0. The highest BCUT2D eigenvalue weighted by atomic mass is 32.2. The van der Waals surface area contributed by atoms with Crippen LogP contribution in [0.25, 0.3) is 0 Å². The van der Waals surface area contributed by atoms with Crippen LogP contribution < -0.4 is 0 Å². The molecule has 1 aliphatic heterocycles. The zero-order valence-corrected chi connectivity index (χ0v) is 11.3. The van der Waals surface area contributed by atoms with Crippen LogP contribution in [-0.2, 0) is 0 Å². The van der Waals surface area contributed by atoms with E-state index in [9.17, 15) is 4.79 Å². The maximum absolute atomic E-state index is 12.2. The predicted octanol–water partition coefficient (Wildman–Crippen LogP) is 3.00. The molecule has 1 aliphatic rings. The third-order valence-corrected chi connectivity index (χ3v) is 4.07. The molecule has 0 spiro atoms. The summed E-state index contributed by atoms with van der Waals surface area (Å²) in [4.78, 5) is 14.2. The molecule has 3 heteroatoms. The van der Waals surface area contributed by atoms with Gasteiger partial charge in [0.05, 0.1) is 0 Å². The molecule has 2 nitrogen and oxygen atoms in total. The van der Waals surface area contributed by atoms with Gasteiger partial charge in [0.1, 0.15) is 0 Å². The third kappa shape index (κ3) is 3.03. The Morgan fingerprint density at radius 1 is 1.18 bits per heavy atom. The van der Waals surface area contributed by atoms with E-state index in [0.717, 1.165) is 30.2 Å². The molecule has 0 unspecified atom stereocenters. The first-order chi connectivity index (χ1) is 8.18. The van der Waals surface area contributed by atoms with Crippen LogP contribution in [0.4, 0.5) is 0 Å². The van der Waals surface area contributed by atoms with Crippen molar-refractivity contribution in [3.05, 3.63) is 35.4 Å². The second-order valence-corrected chi connectivity index (χ2v) is 5.91. The fraction of sp³-hybridized carbons (Fsp3) is 0.500. The highest BCUT2D eigenvalue weighted by molar-refractivity contribution is 7.99. The molecule has 0 aromatic heterocycles. The average Bonchev–Trinajstić information content (AvgIpc) is 2.39. The van der Waals surface area contributed by atoms with Crippen molar-refractivity contribution in [2.45, 2.75) is 19.8 Å². The van der Waals surface area contributed by atoms with Gasteiger partial charge in [-0.1, -0.05) is 26.0 Å². The molecule has 1 heterocycles. The monoisotopic (exact) mass is 249 g/mol. The van der Waals surface area contributed by atoms with Crippen LogP contribution in [0.5, 0.6) is 0 Å². The summed E-state index contributed by atoms with van der Waals surface area (Å²) in [7, 11) is 0. The lowest BCUT2D eigenvalue weighted by atomic mass is 10.0. The minimum atomic E-state index is 0.181. The summed E-state index contributed by atoms with van der Waals surface area (Å²) in [6.45, 7) is 6.10. The third-order valence-electron chi connectivity index (χ3n) is 3.12. The van der Waals surface area contributed by atoms with Gasteiger partial charge in [0, 0.05) is 30.2 Å². The number of amides is 1. The summed E-state index contributed by atoms with van der Waals surface area (Å²) in [6.07, 6.45) is 0. The van der Waals surface area contributed by atoms with Crippen molar-refractivity contribution < 1.29 is 4.79 Å². The molecule has 17 heavy (non-hydrogen) atoms. The van der Waals surface area contributed by atoms with Crippen molar-refractivity contribution >= 4 is 17.7 Å². The molecule has 0 N–H and O–H groups in total. The van der Waals surface area contributed by atoms with Gasteiger partial charge in [-0.05, 0) is 23.6 Å². The largest absolute Gasteiger partial charge is 0.337 e. The molecular formula is C14H19NOS. The molecule has 0 radical (unpaired) electrons. The number of carbonyl (C=O) groups excluding carboxylic acids is 1. The summed E-state index contributed by atoms with van der Waals surface area (Å²) in [6, 6.07) is 8.05. The molecular weight excluding hydrogens is 230 g/mol. The first kappa shape index (κ1) is 12.5. The highest BCUT2D eigenvalue weighted by Gasteiger charge is 2.18. The van der Waals surface area contributed by atoms with Crippen LogP contribution in [0.1, 0.15) is 35.7 Å². The summed E-state index contributed by atoms with van der Waals surface area (Å²) in [5, 5.41) is 0. The van der Waals surface area contributed by atoms with Crippen molar-refractivity contribution in [2.75, 3.05) is 24.6 Å². The Balaban J connectivity index is 2.08. The fourth-order valence-electron chi connectivity index (χ4n) is 1.96. The number of rotatable bonds is 2. The van der Waals surface area contributed by atoms with Gasteiger partial charge in [-0.15, -0.1) is 0 Å². The van der Waals surface area contributed by atoms with Crippen molar-refractivity contribution in [1.82, 2.24) is 4.90 Å². The van der Waals surface area contributed by atoms with E-state index in [4.69, 9.17) is 0 Å². The lowest BCUT2D eigenvalue weighted by Crippen LogP contribution is -2.37. The molecule has 0 aliphatic carbocycles. The zero-order chi connectivity index (χ0) is 12.3. The predicted molar refractivity (Wildman–Crippen MR) is 73.8 cm³/mol. The number of nitrogens with zero attached hydrogens (tertiary/aromatic N) is 1. The van der Waals surface area contributed by atoms with Gasteiger partial charge in [0.25, 0.3) is 5.91 Å². The smallest absolute Gasteiger partial charge is 0.253 e. The van der Waals surface area contributed by atoms with Crippen LogP contribution in [0.3, 0.4) is 0 Å². The Kier molecular flexibility index (Phi) is 4.11. The molecule has 1 aromatic carbocycles. The standard InChI is InChI=1S/C14H19NOS/c1-11(2)12-3-5-13(6-4-12)14(16)15-7-9-17-10-8-15/h3-6,11H,7-10H2,1-2H3. The Labute approximate surface area is 107 Å². The van der Waals surface area contributed by atoms with E-state index < -0.39 is 0 Å². The maximum Gasteiger partial charge on any atom is 0.253 e. The Hall–Kier alpha value is -0.960. The van der Waals surface area contributed by atoms with E-state index in [1.165, 1.54) is 5.56 Å². The van der Waals surface area contributed by atoms with Gasteiger partial charge >= 0.3 is 0 Å². The minimum absolute atomic E-state index is 0.181. The molecule has 1 saturated heterocycles. The zero-order valence-electron chi connectivity index (χ0n) is 10.5. The van der Waals surface area contributed by atoms with Gasteiger partial charge in [-0.25, -0.2) is 0 Å². The Morgan fingerprint density at radius 3 is 2.29 bits per heavy atom. The van der Waals surface area contributed by atoms with Gasteiger partial charge in [0.15, 0.2) is 0 Å². The molecule has 1 fully saturated rings. The molecule has 1 amide bonds. The topological polar surface area (TPSA) is 20.3 Å². The van der Waals surface area contributed by atoms with E-state index >= 15 is 0 Å². The van der Waals surface area contributed by atoms with Crippen LogP contribution in [0, 0.1) is 0 Å². The maximum atomic E-state index is 12.2. The molecule has 1 aromatic rings. The number of carbonyl (C=O) groups is 1. The lowest BCUT2D eigenvalue weighted by molar-refractivity contribution is 0.0772. The van der Waals surface area contributed by atoms with E-state index in [-0.39, 0.29) is 5.91 Å². The molecule has 0 atom stereocenters. The Bertz CT molecular complexity index is 380. The van der Waals surface area contributed by atoms with E-state index in [2.05, 4.69) is 26.0 Å². The highest BCUT2D eigenvalue weighted by Crippen LogP contribution is 2.17. The van der Waals surface area contributed by atoms with Crippen molar-refractivity contribution in [1.29, 1.82) is 0 Å². The number of hydrogen-bond donors (Lipinski definition) is 0. The van der Waals surface area contributed by atoms with Gasteiger partial charge in [-0.3, -0.25) is 4.79 Å². The first-order valence-electron chi connectivity index (χ1n) is 6.15. The summed E-state index contributed by atoms with van der Waals surface area (Å²) in [5.74, 6) is 2.83. The normalized spacial score (nSPS) is 16.3. The average molecular weight is 249 g/mol. The van der Waals surface area contributed by atoms with E-state index in [1.54, 1.807) is 0 Å². The SMILES string of the molecule is CC(C)c1ccc(C(=O)N2CCSCC2)cc1. The first-order valence-corrected chi connectivity index (χ1v) is 7.31. The molecule has 92 valence electrons. The minimum Gasteiger partial charge on any atom is -0.337 e. The van der Waals surface area contributed by atoms with Gasteiger partial charge < -0.3 is 4.90 Å². The van der Waals surface area contributed by atoms with Crippen molar-refractivity contribution in [2.24, 2.45) is 0 Å². The van der Waals surface area contributed by atoms with E-state index in [0.29, 0.717) is 5.92 Å². The quantitative estimate of drug-likeness (QED) is 0.803. The molecule has 0 saturated carbocycles. The summed E-state index contributed by atoms with van der Waals surface area (Å²) in [5.41, 5.74) is 2.11. The van der Waals surface area contributed by atoms with Crippen molar-refractivity contribution in [3.63, 3.8) is 0 Å². The fourth-order valence-corrected chi connectivity index (χ4v) is 2.86. The van der Waals surface area contributed by atoms with Crippen LogP contribution in [-0.4, -0.2) is 35.4 Å². The van der Waals surface area contributed by atoms with E-state index in [1.807, 2.05) is 28.8 Å². The van der Waals surface area contributed by atoms with Crippen LogP contribution in [0.15, 0.2) is 24.3 Å². The second kappa shape index (κ2) is 5.58. The Morgan fingerprint density at radius 2 is 1.76 bits per heavy atom. The second-order valence-electron chi connectivity index (χ2n) is 4.68.